The lowest BCUT2D eigenvalue weighted by molar-refractivity contribution is 0.516. The topological polar surface area (TPSA) is 115 Å². The van der Waals surface area contributed by atoms with E-state index < -0.39 is 11.6 Å². The van der Waals surface area contributed by atoms with Crippen molar-refractivity contribution in [1.29, 1.82) is 10.5 Å². The Morgan fingerprint density at radius 3 is 2.45 bits per heavy atom. The monoisotopic (exact) mass is 592 g/mol. The average Bonchev–Trinajstić information content (AvgIpc) is 3.67. The highest BCUT2D eigenvalue weighted by Gasteiger charge is 2.47. The van der Waals surface area contributed by atoms with E-state index in [2.05, 4.69) is 57.1 Å². The minimum absolute atomic E-state index is 0.0277. The molecule has 10 heteroatoms. The van der Waals surface area contributed by atoms with Gasteiger partial charge in [0, 0.05) is 22.3 Å². The van der Waals surface area contributed by atoms with Gasteiger partial charge in [-0.05, 0) is 48.6 Å². The molecular formula is C32H26Cl2N8. The summed E-state index contributed by atoms with van der Waals surface area (Å²) in [7, 11) is 0. The normalized spacial score (nSPS) is 14.9. The van der Waals surface area contributed by atoms with Crippen LogP contribution in [0.4, 0.5) is 11.4 Å². The fourth-order valence-corrected chi connectivity index (χ4v) is 5.69. The van der Waals surface area contributed by atoms with E-state index >= 15 is 0 Å². The van der Waals surface area contributed by atoms with E-state index in [1.807, 2.05) is 48.5 Å². The fourth-order valence-electron chi connectivity index (χ4n) is 5.18. The van der Waals surface area contributed by atoms with Crippen LogP contribution in [0.25, 0.3) is 10.9 Å². The highest BCUT2D eigenvalue weighted by molar-refractivity contribution is 6.36. The van der Waals surface area contributed by atoms with E-state index in [1.54, 1.807) is 23.1 Å². The lowest BCUT2D eigenvalue weighted by Crippen LogP contribution is -2.16. The third-order valence-corrected chi connectivity index (χ3v) is 8.31. The Bertz CT molecular complexity index is 1850. The van der Waals surface area contributed by atoms with Crippen LogP contribution in [0, 0.1) is 22.7 Å². The first-order valence-electron chi connectivity index (χ1n) is 13.6. The number of pyridine rings is 1. The molecule has 208 valence electrons. The summed E-state index contributed by atoms with van der Waals surface area (Å²) in [5.41, 5.74) is 4.21. The van der Waals surface area contributed by atoms with Crippen LogP contribution in [0.15, 0.2) is 79.1 Å². The van der Waals surface area contributed by atoms with E-state index in [-0.39, 0.29) is 6.04 Å². The molecule has 1 aliphatic carbocycles. The van der Waals surface area contributed by atoms with Crippen LogP contribution in [0.1, 0.15) is 60.7 Å². The predicted octanol–water partition coefficient (Wildman–Crippen LogP) is 7.78. The Labute approximate surface area is 253 Å². The molecule has 0 bridgehead atoms. The Balaban J connectivity index is 1.44. The highest BCUT2D eigenvalue weighted by atomic mass is 35.5. The number of hydrogen-bond acceptors (Lipinski definition) is 7. The van der Waals surface area contributed by atoms with Gasteiger partial charge in [0.1, 0.15) is 11.8 Å². The zero-order valence-electron chi connectivity index (χ0n) is 22.7. The molecule has 1 fully saturated rings. The molecule has 2 heterocycles. The minimum Gasteiger partial charge on any atom is -0.377 e. The van der Waals surface area contributed by atoms with Gasteiger partial charge in [-0.2, -0.15) is 10.5 Å². The molecule has 1 aliphatic rings. The molecule has 6 rings (SSSR count). The van der Waals surface area contributed by atoms with Gasteiger partial charge in [0.2, 0.25) is 0 Å². The summed E-state index contributed by atoms with van der Waals surface area (Å²) in [5, 5.41) is 37.3. The smallest absolute Gasteiger partial charge is 0.150 e. The van der Waals surface area contributed by atoms with Crippen molar-refractivity contribution < 1.29 is 0 Å². The molecule has 2 atom stereocenters. The first-order valence-corrected chi connectivity index (χ1v) is 14.4. The van der Waals surface area contributed by atoms with Crippen molar-refractivity contribution in [2.45, 2.75) is 43.8 Å². The van der Waals surface area contributed by atoms with E-state index in [4.69, 9.17) is 23.2 Å². The molecule has 42 heavy (non-hydrogen) atoms. The van der Waals surface area contributed by atoms with Crippen molar-refractivity contribution in [3.63, 3.8) is 0 Å². The lowest BCUT2D eigenvalue weighted by Gasteiger charge is -2.23. The number of rotatable bonds is 9. The standard InChI is InChI=1S/C32H26Cl2N8/c1-2-27(20-8-4-3-5-9-20)39-29-21(16-35)17-37-30-24(29)14-22(15-26(30)34)38-31(23-10-6-7-11-25(23)33)28-18-42(41-40-28)32(19-36)12-13-32/h3-11,14-15,17-18,27,31,38H,2,12-13H2,1H3,(H,37,39). The van der Waals surface area contributed by atoms with Gasteiger partial charge in [-0.1, -0.05) is 83.9 Å². The van der Waals surface area contributed by atoms with Crippen molar-refractivity contribution in [1.82, 2.24) is 20.0 Å². The van der Waals surface area contributed by atoms with E-state index in [0.29, 0.717) is 43.6 Å². The Morgan fingerprint density at radius 1 is 1.00 bits per heavy atom. The van der Waals surface area contributed by atoms with Crippen LogP contribution >= 0.6 is 23.2 Å². The lowest BCUT2D eigenvalue weighted by atomic mass is 10.0. The second kappa shape index (κ2) is 11.3. The molecule has 1 saturated carbocycles. The highest BCUT2D eigenvalue weighted by Crippen LogP contribution is 2.43. The van der Waals surface area contributed by atoms with Gasteiger partial charge in [0.05, 0.1) is 46.1 Å². The first-order chi connectivity index (χ1) is 20.5. The number of nitriles is 2. The summed E-state index contributed by atoms with van der Waals surface area (Å²) in [5.74, 6) is 0. The zero-order chi connectivity index (χ0) is 29.3. The van der Waals surface area contributed by atoms with Crippen LogP contribution in [0.3, 0.4) is 0 Å². The number of hydrogen-bond donors (Lipinski definition) is 2. The zero-order valence-corrected chi connectivity index (χ0v) is 24.2. The summed E-state index contributed by atoms with van der Waals surface area (Å²) in [6, 6.07) is 25.5. The number of fused-ring (bicyclic) bond motifs is 1. The van der Waals surface area contributed by atoms with Gasteiger partial charge in [-0.15, -0.1) is 5.10 Å². The number of aromatic nitrogens is 4. The maximum atomic E-state index is 10.0. The molecule has 2 aromatic heterocycles. The van der Waals surface area contributed by atoms with Crippen molar-refractivity contribution in [2.24, 2.45) is 0 Å². The van der Waals surface area contributed by atoms with Gasteiger partial charge in [-0.3, -0.25) is 4.98 Å². The maximum absolute atomic E-state index is 10.0. The first kappa shape index (κ1) is 27.5. The fraction of sp³-hybridized carbons (Fsp3) is 0.219. The Kier molecular flexibility index (Phi) is 7.43. The minimum atomic E-state index is -0.642. The quantitative estimate of drug-likeness (QED) is 0.179. The van der Waals surface area contributed by atoms with E-state index in [9.17, 15) is 10.5 Å². The summed E-state index contributed by atoms with van der Waals surface area (Å²) in [6.07, 6.45) is 5.63. The summed E-state index contributed by atoms with van der Waals surface area (Å²) < 4.78 is 1.64. The van der Waals surface area contributed by atoms with Gasteiger partial charge < -0.3 is 10.6 Å². The molecule has 2 N–H and O–H groups in total. The molecule has 2 unspecified atom stereocenters. The number of nitrogens with zero attached hydrogens (tertiary/aromatic N) is 6. The van der Waals surface area contributed by atoms with Gasteiger partial charge in [0.25, 0.3) is 0 Å². The summed E-state index contributed by atoms with van der Waals surface area (Å²) in [4.78, 5) is 4.52. The average molecular weight is 594 g/mol. The molecule has 3 aromatic carbocycles. The van der Waals surface area contributed by atoms with E-state index in [0.717, 1.165) is 30.4 Å². The molecule has 8 nitrogen and oxygen atoms in total. The number of halogens is 2. The number of anilines is 2. The molecule has 0 radical (unpaired) electrons. The molecule has 0 amide bonds. The Hall–Kier alpha value is -4.63. The van der Waals surface area contributed by atoms with Crippen LogP contribution in [-0.2, 0) is 5.54 Å². The molecule has 0 spiro atoms. The van der Waals surface area contributed by atoms with Crippen molar-refractivity contribution in [3.8, 4) is 12.1 Å². The predicted molar refractivity (Wildman–Crippen MR) is 164 cm³/mol. The SMILES string of the molecule is CCC(Nc1c(C#N)cnc2c(Cl)cc(NC(c3cn(C4(C#N)CC4)nn3)c3ccccc3Cl)cc12)c1ccccc1. The third-order valence-electron chi connectivity index (χ3n) is 7.68. The van der Waals surface area contributed by atoms with Crippen LogP contribution in [-0.4, -0.2) is 20.0 Å². The number of benzene rings is 3. The van der Waals surface area contributed by atoms with Gasteiger partial charge in [0.15, 0.2) is 5.54 Å². The van der Waals surface area contributed by atoms with Gasteiger partial charge >= 0.3 is 0 Å². The third kappa shape index (κ3) is 5.12. The molecular weight excluding hydrogens is 567 g/mol. The number of nitrogens with one attached hydrogen (secondary N) is 2. The second-order valence-electron chi connectivity index (χ2n) is 10.4. The summed E-state index contributed by atoms with van der Waals surface area (Å²) in [6.45, 7) is 2.10. The maximum Gasteiger partial charge on any atom is 0.150 e. The molecule has 0 aliphatic heterocycles. The van der Waals surface area contributed by atoms with Crippen molar-refractivity contribution in [2.75, 3.05) is 10.6 Å². The van der Waals surface area contributed by atoms with Crippen molar-refractivity contribution >= 4 is 45.5 Å². The van der Waals surface area contributed by atoms with Crippen LogP contribution < -0.4 is 10.6 Å². The van der Waals surface area contributed by atoms with Crippen LogP contribution in [0.2, 0.25) is 10.0 Å². The second-order valence-corrected chi connectivity index (χ2v) is 11.2. The Morgan fingerprint density at radius 2 is 1.76 bits per heavy atom. The summed E-state index contributed by atoms with van der Waals surface area (Å²) >= 11 is 13.5. The molecule has 0 saturated heterocycles. The van der Waals surface area contributed by atoms with Gasteiger partial charge in [-0.25, -0.2) is 4.68 Å². The van der Waals surface area contributed by atoms with Crippen LogP contribution in [0.5, 0.6) is 0 Å². The van der Waals surface area contributed by atoms with Crippen molar-refractivity contribution in [3.05, 3.63) is 112 Å². The molecule has 5 aromatic rings. The largest absolute Gasteiger partial charge is 0.377 e. The van der Waals surface area contributed by atoms with E-state index in [1.165, 1.54) is 0 Å².